The van der Waals surface area contributed by atoms with E-state index < -0.39 is 0 Å². The predicted molar refractivity (Wildman–Crippen MR) is 90.1 cm³/mol. The molecule has 0 saturated heterocycles. The van der Waals surface area contributed by atoms with Crippen molar-refractivity contribution in [3.05, 3.63) is 42.0 Å². The SMILES string of the molecule is CCCNC(=O)CNCc1c(OCC)ccc2ccccc12. The molecule has 0 unspecified atom stereocenters. The molecule has 0 aliphatic heterocycles. The Hall–Kier alpha value is -2.07. The van der Waals surface area contributed by atoms with Crippen molar-refractivity contribution >= 4 is 16.7 Å². The minimum atomic E-state index is 0.0278. The highest BCUT2D eigenvalue weighted by atomic mass is 16.5. The Labute approximate surface area is 131 Å². The summed E-state index contributed by atoms with van der Waals surface area (Å²) in [6, 6.07) is 12.3. The largest absolute Gasteiger partial charge is 0.494 e. The normalized spacial score (nSPS) is 10.6. The van der Waals surface area contributed by atoms with Gasteiger partial charge in [-0.25, -0.2) is 0 Å². The van der Waals surface area contributed by atoms with Gasteiger partial charge in [-0.3, -0.25) is 4.79 Å². The lowest BCUT2D eigenvalue weighted by Gasteiger charge is -2.14. The monoisotopic (exact) mass is 300 g/mol. The molecule has 2 aromatic rings. The maximum Gasteiger partial charge on any atom is 0.233 e. The molecule has 0 saturated carbocycles. The van der Waals surface area contributed by atoms with Crippen LogP contribution in [0.15, 0.2) is 36.4 Å². The molecular weight excluding hydrogens is 276 g/mol. The number of hydrogen-bond acceptors (Lipinski definition) is 3. The molecule has 1 amide bonds. The van der Waals surface area contributed by atoms with E-state index in [0.717, 1.165) is 29.7 Å². The number of carbonyl (C=O) groups is 1. The van der Waals surface area contributed by atoms with Gasteiger partial charge in [-0.2, -0.15) is 0 Å². The van der Waals surface area contributed by atoms with E-state index in [1.165, 1.54) is 5.39 Å². The average molecular weight is 300 g/mol. The zero-order chi connectivity index (χ0) is 15.8. The van der Waals surface area contributed by atoms with E-state index in [4.69, 9.17) is 4.74 Å². The van der Waals surface area contributed by atoms with Crippen molar-refractivity contribution in [2.24, 2.45) is 0 Å². The van der Waals surface area contributed by atoms with E-state index in [0.29, 0.717) is 19.7 Å². The van der Waals surface area contributed by atoms with Gasteiger partial charge in [0.05, 0.1) is 13.2 Å². The number of nitrogens with one attached hydrogen (secondary N) is 2. The molecule has 4 nitrogen and oxygen atoms in total. The highest BCUT2D eigenvalue weighted by Gasteiger charge is 2.09. The van der Waals surface area contributed by atoms with Crippen LogP contribution in [0, 0.1) is 0 Å². The van der Waals surface area contributed by atoms with Gasteiger partial charge < -0.3 is 15.4 Å². The standard InChI is InChI=1S/C18H24N2O2/c1-3-11-20-18(21)13-19-12-16-15-8-6-5-7-14(15)9-10-17(16)22-4-2/h5-10,19H,3-4,11-13H2,1-2H3,(H,20,21). The van der Waals surface area contributed by atoms with Crippen LogP contribution < -0.4 is 15.4 Å². The molecule has 22 heavy (non-hydrogen) atoms. The predicted octanol–water partition coefficient (Wildman–Crippen LogP) is 2.85. The topological polar surface area (TPSA) is 50.4 Å². The number of ether oxygens (including phenoxy) is 1. The van der Waals surface area contributed by atoms with Gasteiger partial charge in [-0.15, -0.1) is 0 Å². The van der Waals surface area contributed by atoms with Gasteiger partial charge in [-0.05, 0) is 30.2 Å². The van der Waals surface area contributed by atoms with E-state index in [1.54, 1.807) is 0 Å². The summed E-state index contributed by atoms with van der Waals surface area (Å²) in [4.78, 5) is 11.7. The molecule has 2 rings (SSSR count). The molecule has 0 bridgehead atoms. The molecule has 0 heterocycles. The third-order valence-electron chi connectivity index (χ3n) is 3.46. The van der Waals surface area contributed by atoms with Crippen LogP contribution in [-0.4, -0.2) is 25.6 Å². The number of benzene rings is 2. The zero-order valence-electron chi connectivity index (χ0n) is 13.3. The fraction of sp³-hybridized carbons (Fsp3) is 0.389. The summed E-state index contributed by atoms with van der Waals surface area (Å²) in [7, 11) is 0. The number of carbonyl (C=O) groups excluding carboxylic acids is 1. The number of fused-ring (bicyclic) bond motifs is 1. The van der Waals surface area contributed by atoms with Crippen LogP contribution in [0.5, 0.6) is 5.75 Å². The van der Waals surface area contributed by atoms with Crippen LogP contribution in [-0.2, 0) is 11.3 Å². The van der Waals surface area contributed by atoms with Crippen molar-refractivity contribution < 1.29 is 9.53 Å². The summed E-state index contributed by atoms with van der Waals surface area (Å²) in [5, 5.41) is 8.41. The second-order valence-corrected chi connectivity index (χ2v) is 5.15. The number of hydrogen-bond donors (Lipinski definition) is 2. The molecule has 2 aromatic carbocycles. The van der Waals surface area contributed by atoms with E-state index in [1.807, 2.05) is 32.0 Å². The van der Waals surface area contributed by atoms with Crippen LogP contribution in [0.3, 0.4) is 0 Å². The quantitative estimate of drug-likeness (QED) is 0.788. The molecule has 0 spiro atoms. The van der Waals surface area contributed by atoms with Crippen molar-refractivity contribution in [1.82, 2.24) is 10.6 Å². The molecule has 0 fully saturated rings. The molecule has 0 radical (unpaired) electrons. The summed E-state index contributed by atoms with van der Waals surface area (Å²) >= 11 is 0. The lowest BCUT2D eigenvalue weighted by atomic mass is 10.0. The van der Waals surface area contributed by atoms with Crippen LogP contribution in [0.1, 0.15) is 25.8 Å². The van der Waals surface area contributed by atoms with Gasteiger partial charge in [0.1, 0.15) is 5.75 Å². The maximum atomic E-state index is 11.7. The van der Waals surface area contributed by atoms with Gasteiger partial charge >= 0.3 is 0 Å². The smallest absolute Gasteiger partial charge is 0.233 e. The highest BCUT2D eigenvalue weighted by Crippen LogP contribution is 2.28. The van der Waals surface area contributed by atoms with Gasteiger partial charge in [0, 0.05) is 18.7 Å². The first-order chi connectivity index (χ1) is 10.8. The first-order valence-corrected chi connectivity index (χ1v) is 7.87. The Kier molecular flexibility index (Phi) is 6.22. The molecule has 4 heteroatoms. The average Bonchev–Trinajstić information content (AvgIpc) is 2.54. The molecule has 0 aliphatic rings. The second-order valence-electron chi connectivity index (χ2n) is 5.15. The van der Waals surface area contributed by atoms with Crippen LogP contribution in [0.25, 0.3) is 10.8 Å². The van der Waals surface area contributed by atoms with E-state index in [-0.39, 0.29) is 5.91 Å². The van der Waals surface area contributed by atoms with Crippen molar-refractivity contribution in [3.63, 3.8) is 0 Å². The summed E-state index contributed by atoms with van der Waals surface area (Å²) < 4.78 is 5.73. The summed E-state index contributed by atoms with van der Waals surface area (Å²) in [6.45, 7) is 6.29. The van der Waals surface area contributed by atoms with Crippen LogP contribution in [0.4, 0.5) is 0 Å². The lowest BCUT2D eigenvalue weighted by Crippen LogP contribution is -2.34. The van der Waals surface area contributed by atoms with Gasteiger partial charge in [0.2, 0.25) is 5.91 Å². The Balaban J connectivity index is 2.10. The van der Waals surface area contributed by atoms with Crippen molar-refractivity contribution in [3.8, 4) is 5.75 Å². The van der Waals surface area contributed by atoms with Crippen LogP contribution in [0.2, 0.25) is 0 Å². The van der Waals surface area contributed by atoms with Gasteiger partial charge in [0.25, 0.3) is 0 Å². The summed E-state index contributed by atoms with van der Waals surface area (Å²) in [5.74, 6) is 0.905. The second kappa shape index (κ2) is 8.39. The van der Waals surface area contributed by atoms with E-state index in [2.05, 4.69) is 28.8 Å². The van der Waals surface area contributed by atoms with E-state index >= 15 is 0 Å². The van der Waals surface area contributed by atoms with Crippen molar-refractivity contribution in [2.75, 3.05) is 19.7 Å². The Bertz CT molecular complexity index is 626. The Morgan fingerprint density at radius 1 is 1.14 bits per heavy atom. The van der Waals surface area contributed by atoms with Crippen LogP contribution >= 0.6 is 0 Å². The Morgan fingerprint density at radius 3 is 2.73 bits per heavy atom. The minimum absolute atomic E-state index is 0.0278. The minimum Gasteiger partial charge on any atom is -0.494 e. The molecule has 0 aliphatic carbocycles. The zero-order valence-corrected chi connectivity index (χ0v) is 13.3. The molecule has 118 valence electrons. The van der Waals surface area contributed by atoms with Gasteiger partial charge in [0.15, 0.2) is 0 Å². The fourth-order valence-corrected chi connectivity index (χ4v) is 2.42. The summed E-state index contributed by atoms with van der Waals surface area (Å²) in [5.41, 5.74) is 1.10. The molecule has 2 N–H and O–H groups in total. The highest BCUT2D eigenvalue weighted by molar-refractivity contribution is 5.87. The lowest BCUT2D eigenvalue weighted by molar-refractivity contribution is -0.120. The number of amides is 1. The first-order valence-electron chi connectivity index (χ1n) is 7.87. The molecular formula is C18H24N2O2. The van der Waals surface area contributed by atoms with E-state index in [9.17, 15) is 4.79 Å². The third kappa shape index (κ3) is 4.21. The van der Waals surface area contributed by atoms with Crippen molar-refractivity contribution in [2.45, 2.75) is 26.8 Å². The maximum absolute atomic E-state index is 11.7. The third-order valence-corrected chi connectivity index (χ3v) is 3.46. The molecule has 0 atom stereocenters. The van der Waals surface area contributed by atoms with Crippen molar-refractivity contribution in [1.29, 1.82) is 0 Å². The number of rotatable bonds is 8. The first kappa shape index (κ1) is 16.3. The molecule has 0 aromatic heterocycles. The Morgan fingerprint density at radius 2 is 1.95 bits per heavy atom. The summed E-state index contributed by atoms with van der Waals surface area (Å²) in [6.07, 6.45) is 0.948. The fourth-order valence-electron chi connectivity index (χ4n) is 2.42. The van der Waals surface area contributed by atoms with Gasteiger partial charge in [-0.1, -0.05) is 37.3 Å².